The van der Waals surface area contributed by atoms with Crippen molar-refractivity contribution in [2.24, 2.45) is 0 Å². The molecule has 5 heteroatoms. The van der Waals surface area contributed by atoms with Crippen molar-refractivity contribution in [3.63, 3.8) is 0 Å². The fraction of sp³-hybridized carbons (Fsp3) is 0.167. The fourth-order valence-corrected chi connectivity index (χ4v) is 2.96. The second kappa shape index (κ2) is 7.65. The Hall–Kier alpha value is -2.53. The lowest BCUT2D eigenvalue weighted by atomic mass is 10.1. The molecular weight excluding hydrogens is 306 g/mol. The monoisotopic (exact) mass is 323 g/mol. The van der Waals surface area contributed by atoms with Gasteiger partial charge >= 0.3 is 0 Å². The number of benzene rings is 1. The van der Waals surface area contributed by atoms with E-state index in [1.807, 2.05) is 41.8 Å². The van der Waals surface area contributed by atoms with E-state index in [1.165, 1.54) is 16.9 Å². The zero-order chi connectivity index (χ0) is 15.9. The summed E-state index contributed by atoms with van der Waals surface area (Å²) < 4.78 is 0. The Morgan fingerprint density at radius 3 is 2.65 bits per heavy atom. The highest BCUT2D eigenvalue weighted by Crippen LogP contribution is 2.23. The van der Waals surface area contributed by atoms with Gasteiger partial charge in [0.25, 0.3) is 0 Å². The molecule has 2 heterocycles. The quantitative estimate of drug-likeness (QED) is 0.741. The third kappa shape index (κ3) is 4.47. The van der Waals surface area contributed by atoms with Gasteiger partial charge in [-0.2, -0.15) is 0 Å². The largest absolute Gasteiger partial charge is 0.302 e. The Kier molecular flexibility index (Phi) is 5.11. The number of carbonyl (C=O) groups excluding carboxylic acids is 1. The lowest BCUT2D eigenvalue weighted by Gasteiger charge is -2.02. The van der Waals surface area contributed by atoms with Gasteiger partial charge in [-0.3, -0.25) is 9.78 Å². The minimum absolute atomic E-state index is 0.00264. The fourth-order valence-electron chi connectivity index (χ4n) is 2.24. The first-order valence-electron chi connectivity index (χ1n) is 7.52. The third-order valence-electron chi connectivity index (χ3n) is 3.39. The van der Waals surface area contributed by atoms with Gasteiger partial charge in [0.05, 0.1) is 5.69 Å². The van der Waals surface area contributed by atoms with E-state index in [-0.39, 0.29) is 5.91 Å². The number of rotatable bonds is 6. The first kappa shape index (κ1) is 15.4. The molecular formula is C18H17N3OS. The molecule has 116 valence electrons. The topological polar surface area (TPSA) is 54.9 Å². The number of pyridine rings is 1. The number of hydrogen-bond donors (Lipinski definition) is 1. The molecule has 0 bridgehead atoms. The summed E-state index contributed by atoms with van der Waals surface area (Å²) in [5.74, 6) is 0.00264. The molecule has 0 spiro atoms. The normalized spacial score (nSPS) is 10.4. The number of thiazole rings is 1. The number of nitrogens with one attached hydrogen (secondary N) is 1. The summed E-state index contributed by atoms with van der Waals surface area (Å²) in [6, 6.07) is 15.9. The summed E-state index contributed by atoms with van der Waals surface area (Å²) in [7, 11) is 0. The zero-order valence-electron chi connectivity index (χ0n) is 12.6. The van der Waals surface area contributed by atoms with E-state index in [0.29, 0.717) is 11.6 Å². The van der Waals surface area contributed by atoms with E-state index in [2.05, 4.69) is 27.4 Å². The van der Waals surface area contributed by atoms with Gasteiger partial charge in [-0.15, -0.1) is 11.3 Å². The molecule has 0 atom stereocenters. The molecule has 4 nitrogen and oxygen atoms in total. The molecule has 0 saturated heterocycles. The standard InChI is InChI=1S/C18H17N3OS/c22-17(11-6-9-14-7-2-1-3-8-14)21-18-20-16(13-23-18)15-10-4-5-12-19-15/h1-5,7-8,10,12-13H,6,9,11H2,(H,20,21,22). The molecule has 0 saturated carbocycles. The number of nitrogens with zero attached hydrogens (tertiary/aromatic N) is 2. The van der Waals surface area contributed by atoms with Crippen LogP contribution in [0.5, 0.6) is 0 Å². The van der Waals surface area contributed by atoms with E-state index in [0.717, 1.165) is 24.2 Å². The van der Waals surface area contributed by atoms with Crippen LogP contribution in [0.3, 0.4) is 0 Å². The molecule has 3 rings (SSSR count). The maximum absolute atomic E-state index is 12.0. The molecule has 0 radical (unpaired) electrons. The zero-order valence-corrected chi connectivity index (χ0v) is 13.4. The highest BCUT2D eigenvalue weighted by atomic mass is 32.1. The van der Waals surface area contributed by atoms with Gasteiger partial charge in [0.1, 0.15) is 5.69 Å². The number of hydrogen-bond acceptors (Lipinski definition) is 4. The van der Waals surface area contributed by atoms with E-state index in [1.54, 1.807) is 6.20 Å². The second-order valence-electron chi connectivity index (χ2n) is 5.14. The second-order valence-corrected chi connectivity index (χ2v) is 6.00. The molecule has 1 aromatic carbocycles. The summed E-state index contributed by atoms with van der Waals surface area (Å²) in [6.45, 7) is 0. The predicted molar refractivity (Wildman–Crippen MR) is 93.4 cm³/mol. The van der Waals surface area contributed by atoms with Crippen molar-refractivity contribution in [2.75, 3.05) is 5.32 Å². The third-order valence-corrected chi connectivity index (χ3v) is 4.15. The molecule has 23 heavy (non-hydrogen) atoms. The lowest BCUT2D eigenvalue weighted by molar-refractivity contribution is -0.116. The Morgan fingerprint density at radius 2 is 1.87 bits per heavy atom. The van der Waals surface area contributed by atoms with Gasteiger partial charge in [0, 0.05) is 18.0 Å². The molecule has 0 unspecified atom stereocenters. The maximum Gasteiger partial charge on any atom is 0.226 e. The van der Waals surface area contributed by atoms with Gasteiger partial charge in [0.2, 0.25) is 5.91 Å². The molecule has 1 amide bonds. The molecule has 0 aliphatic carbocycles. The van der Waals surface area contributed by atoms with Gasteiger partial charge < -0.3 is 5.32 Å². The van der Waals surface area contributed by atoms with Crippen LogP contribution < -0.4 is 5.32 Å². The van der Waals surface area contributed by atoms with Crippen molar-refractivity contribution in [1.82, 2.24) is 9.97 Å². The average Bonchev–Trinajstić information content (AvgIpc) is 3.05. The molecule has 0 aliphatic heterocycles. The van der Waals surface area contributed by atoms with Crippen LogP contribution in [0.1, 0.15) is 18.4 Å². The van der Waals surface area contributed by atoms with Crippen LogP contribution in [-0.4, -0.2) is 15.9 Å². The highest BCUT2D eigenvalue weighted by Gasteiger charge is 2.08. The summed E-state index contributed by atoms with van der Waals surface area (Å²) in [5, 5.41) is 5.38. The minimum atomic E-state index is 0.00264. The Balaban J connectivity index is 1.49. The first-order valence-corrected chi connectivity index (χ1v) is 8.40. The van der Waals surface area contributed by atoms with Crippen LogP contribution in [0.15, 0.2) is 60.1 Å². The van der Waals surface area contributed by atoms with Crippen molar-refractivity contribution in [3.05, 3.63) is 65.7 Å². The van der Waals surface area contributed by atoms with Crippen LogP contribution >= 0.6 is 11.3 Å². The van der Waals surface area contributed by atoms with Crippen LogP contribution in [0.4, 0.5) is 5.13 Å². The molecule has 2 aromatic heterocycles. The van der Waals surface area contributed by atoms with Crippen molar-refractivity contribution in [3.8, 4) is 11.4 Å². The van der Waals surface area contributed by atoms with Crippen molar-refractivity contribution >= 4 is 22.4 Å². The first-order chi connectivity index (χ1) is 11.3. The maximum atomic E-state index is 12.0. The molecule has 0 aliphatic rings. The SMILES string of the molecule is O=C(CCCc1ccccc1)Nc1nc(-c2ccccn2)cs1. The van der Waals surface area contributed by atoms with Crippen LogP contribution in [-0.2, 0) is 11.2 Å². The van der Waals surface area contributed by atoms with E-state index >= 15 is 0 Å². The van der Waals surface area contributed by atoms with Gasteiger partial charge in [-0.1, -0.05) is 36.4 Å². The number of amides is 1. The average molecular weight is 323 g/mol. The lowest BCUT2D eigenvalue weighted by Crippen LogP contribution is -2.11. The molecule has 3 aromatic rings. The van der Waals surface area contributed by atoms with Crippen molar-refractivity contribution in [2.45, 2.75) is 19.3 Å². The van der Waals surface area contributed by atoms with Crippen molar-refractivity contribution < 1.29 is 4.79 Å². The number of carbonyl (C=O) groups is 1. The minimum Gasteiger partial charge on any atom is -0.302 e. The van der Waals surface area contributed by atoms with E-state index in [4.69, 9.17) is 0 Å². The summed E-state index contributed by atoms with van der Waals surface area (Å²) in [5.41, 5.74) is 2.86. The van der Waals surface area contributed by atoms with Crippen LogP contribution in [0.25, 0.3) is 11.4 Å². The Morgan fingerprint density at radius 1 is 1.04 bits per heavy atom. The van der Waals surface area contributed by atoms with Crippen LogP contribution in [0, 0.1) is 0 Å². The van der Waals surface area contributed by atoms with E-state index in [9.17, 15) is 4.79 Å². The highest BCUT2D eigenvalue weighted by molar-refractivity contribution is 7.14. The van der Waals surface area contributed by atoms with E-state index < -0.39 is 0 Å². The summed E-state index contributed by atoms with van der Waals surface area (Å²) in [6.07, 6.45) is 3.96. The molecule has 0 fully saturated rings. The summed E-state index contributed by atoms with van der Waals surface area (Å²) in [4.78, 5) is 20.7. The van der Waals surface area contributed by atoms with Crippen LogP contribution in [0.2, 0.25) is 0 Å². The predicted octanol–water partition coefficient (Wildman–Crippen LogP) is 4.17. The number of aromatic nitrogens is 2. The summed E-state index contributed by atoms with van der Waals surface area (Å²) >= 11 is 1.42. The molecule has 1 N–H and O–H groups in total. The number of aryl methyl sites for hydroxylation is 1. The van der Waals surface area contributed by atoms with Gasteiger partial charge in [-0.05, 0) is 30.5 Å². The Labute approximate surface area is 139 Å². The van der Waals surface area contributed by atoms with Gasteiger partial charge in [-0.25, -0.2) is 4.98 Å². The van der Waals surface area contributed by atoms with Crippen molar-refractivity contribution in [1.29, 1.82) is 0 Å². The Bertz CT molecular complexity index is 756. The smallest absolute Gasteiger partial charge is 0.226 e. The number of anilines is 1. The van der Waals surface area contributed by atoms with Gasteiger partial charge in [0.15, 0.2) is 5.13 Å².